The van der Waals surface area contributed by atoms with E-state index < -0.39 is 27.6 Å². The number of nitrogens with one attached hydrogen (secondary N) is 1. The molecule has 11 heteroatoms. The van der Waals surface area contributed by atoms with Crippen molar-refractivity contribution in [2.45, 2.75) is 18.2 Å². The highest BCUT2D eigenvalue weighted by Crippen LogP contribution is 2.24. The van der Waals surface area contributed by atoms with E-state index in [9.17, 15) is 22.0 Å². The molecule has 7 nitrogen and oxygen atoms in total. The Balaban J connectivity index is 1.88. The number of aryl methyl sites for hydroxylation is 1. The smallest absolute Gasteiger partial charge is 0.240 e. The summed E-state index contributed by atoms with van der Waals surface area (Å²) in [5.74, 6) is -2.87. The Labute approximate surface area is 170 Å². The molecule has 0 aliphatic carbocycles. The summed E-state index contributed by atoms with van der Waals surface area (Å²) in [5.41, 5.74) is 1.25. The van der Waals surface area contributed by atoms with Crippen LogP contribution in [0.2, 0.25) is 5.02 Å². The van der Waals surface area contributed by atoms with Gasteiger partial charge >= 0.3 is 0 Å². The summed E-state index contributed by atoms with van der Waals surface area (Å²) in [7, 11) is -4.13. The average Bonchev–Trinajstić information content (AvgIpc) is 3.05. The summed E-state index contributed by atoms with van der Waals surface area (Å²) in [5, 5.41) is 11.7. The largest absolute Gasteiger partial charge is 0.326 e. The predicted octanol–water partition coefficient (Wildman–Crippen LogP) is 2.94. The third-order valence-electron chi connectivity index (χ3n) is 3.95. The molecule has 152 valence electrons. The Bertz CT molecular complexity index is 1210. The Hall–Kier alpha value is -2.82. The number of hydrogen-bond donors (Lipinski definition) is 2. The standard InChI is InChI=1S/C18H15ClF2N4O3S/c1-10-8-23-25(9-10)16-3-2-12(6-17(16)29(22,27)28)24-18(26)5-11-4-14(20)15(21)7-13(11)19/h2-4,6-9H,5H2,1H3,(H,24,26)(H2,22,27,28). The topological polar surface area (TPSA) is 107 Å². The number of nitrogens with zero attached hydrogens (tertiary/aromatic N) is 2. The lowest BCUT2D eigenvalue weighted by Crippen LogP contribution is -2.18. The van der Waals surface area contributed by atoms with Crippen LogP contribution in [-0.2, 0) is 21.2 Å². The first-order valence-electron chi connectivity index (χ1n) is 8.16. The van der Waals surface area contributed by atoms with Gasteiger partial charge in [0, 0.05) is 16.9 Å². The van der Waals surface area contributed by atoms with Gasteiger partial charge in [0.1, 0.15) is 4.90 Å². The molecule has 0 fully saturated rings. The lowest BCUT2D eigenvalue weighted by atomic mass is 10.1. The van der Waals surface area contributed by atoms with E-state index in [1.165, 1.54) is 22.9 Å². The number of hydrogen-bond acceptors (Lipinski definition) is 4. The Morgan fingerprint density at radius 1 is 1.24 bits per heavy atom. The van der Waals surface area contributed by atoms with Gasteiger partial charge in [-0.15, -0.1) is 0 Å². The Morgan fingerprint density at radius 2 is 1.93 bits per heavy atom. The van der Waals surface area contributed by atoms with E-state index in [1.807, 2.05) is 0 Å². The van der Waals surface area contributed by atoms with E-state index in [0.717, 1.165) is 17.7 Å². The van der Waals surface area contributed by atoms with Crippen LogP contribution in [-0.4, -0.2) is 24.1 Å². The van der Waals surface area contributed by atoms with Gasteiger partial charge in [0.15, 0.2) is 11.6 Å². The number of amides is 1. The van der Waals surface area contributed by atoms with Gasteiger partial charge in [0.05, 0.1) is 18.3 Å². The second-order valence-corrected chi connectivity index (χ2v) is 8.21. The quantitative estimate of drug-likeness (QED) is 0.595. The number of carbonyl (C=O) groups excluding carboxylic acids is 1. The molecule has 29 heavy (non-hydrogen) atoms. The van der Waals surface area contributed by atoms with E-state index in [0.29, 0.717) is 0 Å². The van der Waals surface area contributed by atoms with Crippen LogP contribution in [0.3, 0.4) is 0 Å². The van der Waals surface area contributed by atoms with Crippen molar-refractivity contribution in [1.29, 1.82) is 0 Å². The van der Waals surface area contributed by atoms with Crippen molar-refractivity contribution in [1.82, 2.24) is 9.78 Å². The molecule has 1 heterocycles. The molecule has 3 N–H and O–H groups in total. The van der Waals surface area contributed by atoms with Crippen LogP contribution >= 0.6 is 11.6 Å². The molecule has 3 rings (SSSR count). The van der Waals surface area contributed by atoms with Crippen LogP contribution in [0.5, 0.6) is 0 Å². The van der Waals surface area contributed by atoms with Gasteiger partial charge in [-0.2, -0.15) is 5.10 Å². The molecule has 0 atom stereocenters. The fraction of sp³-hybridized carbons (Fsp3) is 0.111. The number of rotatable bonds is 5. The minimum Gasteiger partial charge on any atom is -0.326 e. The highest BCUT2D eigenvalue weighted by Gasteiger charge is 2.18. The Morgan fingerprint density at radius 3 is 2.55 bits per heavy atom. The van der Waals surface area contributed by atoms with Gasteiger partial charge < -0.3 is 5.32 Å². The molecule has 3 aromatic rings. The number of carbonyl (C=O) groups is 1. The molecule has 0 saturated heterocycles. The van der Waals surface area contributed by atoms with Crippen molar-refractivity contribution < 1.29 is 22.0 Å². The van der Waals surface area contributed by atoms with Crippen LogP contribution in [0.15, 0.2) is 47.6 Å². The molecule has 1 amide bonds. The molecule has 0 bridgehead atoms. The first-order valence-corrected chi connectivity index (χ1v) is 10.1. The molecular weight excluding hydrogens is 426 g/mol. The molecule has 0 aliphatic rings. The number of aromatic nitrogens is 2. The van der Waals surface area contributed by atoms with Crippen LogP contribution < -0.4 is 10.5 Å². The maximum Gasteiger partial charge on any atom is 0.240 e. The average molecular weight is 441 g/mol. The van der Waals surface area contributed by atoms with Gasteiger partial charge in [-0.3, -0.25) is 4.79 Å². The summed E-state index contributed by atoms with van der Waals surface area (Å²) in [6.45, 7) is 1.79. The van der Waals surface area contributed by atoms with E-state index in [4.69, 9.17) is 16.7 Å². The Kier molecular flexibility index (Phi) is 5.69. The maximum absolute atomic E-state index is 13.4. The van der Waals surface area contributed by atoms with E-state index in [2.05, 4.69) is 10.4 Å². The SMILES string of the molecule is Cc1cnn(-c2ccc(NC(=O)Cc3cc(F)c(F)cc3Cl)cc2S(N)(=O)=O)c1. The van der Waals surface area contributed by atoms with Crippen molar-refractivity contribution in [3.63, 3.8) is 0 Å². The van der Waals surface area contributed by atoms with Crippen LogP contribution in [0, 0.1) is 18.6 Å². The number of benzene rings is 2. The van der Waals surface area contributed by atoms with Crippen molar-refractivity contribution in [3.05, 3.63) is 70.5 Å². The van der Waals surface area contributed by atoms with Gasteiger partial charge in [-0.1, -0.05) is 11.6 Å². The zero-order chi connectivity index (χ0) is 21.3. The summed E-state index contributed by atoms with van der Waals surface area (Å²) in [4.78, 5) is 12.0. The summed E-state index contributed by atoms with van der Waals surface area (Å²) in [6, 6.07) is 5.69. The van der Waals surface area contributed by atoms with E-state index >= 15 is 0 Å². The second-order valence-electron chi connectivity index (χ2n) is 6.27. The van der Waals surface area contributed by atoms with Crippen LogP contribution in [0.25, 0.3) is 5.69 Å². The maximum atomic E-state index is 13.4. The van der Waals surface area contributed by atoms with Crippen molar-refractivity contribution in [3.8, 4) is 5.69 Å². The number of halogens is 3. The summed E-state index contributed by atoms with van der Waals surface area (Å²) >= 11 is 5.83. The fourth-order valence-electron chi connectivity index (χ4n) is 2.63. The molecule has 0 aliphatic heterocycles. The number of primary sulfonamides is 1. The molecular formula is C18H15ClF2N4O3S. The minimum absolute atomic E-state index is 0.0818. The minimum atomic E-state index is -4.13. The number of anilines is 1. The van der Waals surface area contributed by atoms with Crippen molar-refractivity contribution in [2.24, 2.45) is 5.14 Å². The lowest BCUT2D eigenvalue weighted by molar-refractivity contribution is -0.115. The van der Waals surface area contributed by atoms with Crippen molar-refractivity contribution >= 4 is 33.2 Å². The number of nitrogens with two attached hydrogens (primary N) is 1. The van der Waals surface area contributed by atoms with E-state index in [-0.39, 0.29) is 33.3 Å². The van der Waals surface area contributed by atoms with Gasteiger partial charge in [0.2, 0.25) is 15.9 Å². The molecule has 2 aromatic carbocycles. The second kappa shape index (κ2) is 7.90. The molecule has 0 radical (unpaired) electrons. The normalized spacial score (nSPS) is 11.5. The zero-order valence-corrected chi connectivity index (χ0v) is 16.6. The molecule has 0 spiro atoms. The first-order chi connectivity index (χ1) is 13.5. The molecule has 0 saturated carbocycles. The zero-order valence-electron chi connectivity index (χ0n) is 15.0. The highest BCUT2D eigenvalue weighted by molar-refractivity contribution is 7.89. The predicted molar refractivity (Wildman–Crippen MR) is 103 cm³/mol. The highest BCUT2D eigenvalue weighted by atomic mass is 35.5. The fourth-order valence-corrected chi connectivity index (χ4v) is 3.59. The molecule has 1 aromatic heterocycles. The van der Waals surface area contributed by atoms with Gasteiger partial charge in [-0.25, -0.2) is 27.0 Å². The monoisotopic (exact) mass is 440 g/mol. The van der Waals surface area contributed by atoms with Crippen LogP contribution in [0.4, 0.5) is 14.5 Å². The third-order valence-corrected chi connectivity index (χ3v) is 5.24. The third kappa shape index (κ3) is 4.78. The molecule has 0 unspecified atom stereocenters. The van der Waals surface area contributed by atoms with Gasteiger partial charge in [-0.05, 0) is 48.4 Å². The van der Waals surface area contributed by atoms with Crippen molar-refractivity contribution in [2.75, 3.05) is 5.32 Å². The number of sulfonamides is 1. The summed E-state index contributed by atoms with van der Waals surface area (Å²) in [6.07, 6.45) is 2.82. The lowest BCUT2D eigenvalue weighted by Gasteiger charge is -2.12. The summed E-state index contributed by atoms with van der Waals surface area (Å²) < 4.78 is 51.9. The first kappa shape index (κ1) is 20.9. The van der Waals surface area contributed by atoms with Crippen LogP contribution in [0.1, 0.15) is 11.1 Å². The van der Waals surface area contributed by atoms with E-state index in [1.54, 1.807) is 19.3 Å². The van der Waals surface area contributed by atoms with Gasteiger partial charge in [0.25, 0.3) is 0 Å².